The molecule has 1 aliphatic rings. The molecule has 1 aliphatic heterocycles. The van der Waals surface area contributed by atoms with E-state index in [0.29, 0.717) is 35.6 Å². The molecule has 2 rings (SSSR count). The fraction of sp³-hybridized carbons (Fsp3) is 0.500. The van der Waals surface area contributed by atoms with Crippen molar-refractivity contribution in [3.63, 3.8) is 0 Å². The van der Waals surface area contributed by atoms with E-state index in [1.807, 2.05) is 6.07 Å². The maximum absolute atomic E-state index is 10.8. The van der Waals surface area contributed by atoms with Crippen molar-refractivity contribution in [3.05, 3.63) is 28.5 Å². The highest BCUT2D eigenvalue weighted by Crippen LogP contribution is 2.30. The lowest BCUT2D eigenvalue weighted by molar-refractivity contribution is 0.132. The summed E-state index contributed by atoms with van der Waals surface area (Å²) in [4.78, 5) is 16.5. The highest BCUT2D eigenvalue weighted by Gasteiger charge is 2.23. The van der Waals surface area contributed by atoms with E-state index in [1.54, 1.807) is 6.20 Å². The molecule has 18 heavy (non-hydrogen) atoms. The molecule has 0 aromatic carbocycles. The first-order valence-electron chi connectivity index (χ1n) is 5.80. The van der Waals surface area contributed by atoms with Crippen LogP contribution in [0, 0.1) is 0 Å². The van der Waals surface area contributed by atoms with Gasteiger partial charge in [0.15, 0.2) is 0 Å². The molecule has 0 unspecified atom stereocenters. The van der Waals surface area contributed by atoms with Gasteiger partial charge in [0.25, 0.3) is 0 Å². The average Bonchev–Trinajstić information content (AvgIpc) is 2.38. The van der Waals surface area contributed by atoms with Gasteiger partial charge in [-0.1, -0.05) is 11.6 Å². The smallest absolute Gasteiger partial charge is 0.407 e. The van der Waals surface area contributed by atoms with Gasteiger partial charge in [0.05, 0.1) is 16.6 Å². The number of amides is 1. The summed E-state index contributed by atoms with van der Waals surface area (Å²) in [5.41, 5.74) is 1.75. The maximum atomic E-state index is 10.8. The van der Waals surface area contributed by atoms with E-state index in [0.717, 1.165) is 18.4 Å². The summed E-state index contributed by atoms with van der Waals surface area (Å²) in [6, 6.07) is 1.90. The van der Waals surface area contributed by atoms with Crippen molar-refractivity contribution in [1.82, 2.24) is 9.88 Å². The maximum Gasteiger partial charge on any atom is 0.407 e. The normalized spacial score (nSPS) is 16.9. The van der Waals surface area contributed by atoms with Gasteiger partial charge in [0.2, 0.25) is 0 Å². The number of nitrogens with zero attached hydrogens (tertiary/aromatic N) is 2. The van der Waals surface area contributed by atoms with Crippen molar-refractivity contribution in [2.75, 3.05) is 13.1 Å². The molecule has 0 saturated carbocycles. The lowest BCUT2D eigenvalue weighted by atomic mass is 9.90. The van der Waals surface area contributed by atoms with E-state index < -0.39 is 6.09 Å². The van der Waals surface area contributed by atoms with Gasteiger partial charge in [-0.05, 0) is 30.4 Å². The molecule has 1 amide bonds. The minimum atomic E-state index is -0.845. The number of alkyl halides is 1. The van der Waals surface area contributed by atoms with Crippen molar-refractivity contribution in [1.29, 1.82) is 0 Å². The van der Waals surface area contributed by atoms with Crippen LogP contribution in [0.4, 0.5) is 4.79 Å². The lowest BCUT2D eigenvalue weighted by Gasteiger charge is -2.30. The number of rotatable bonds is 2. The monoisotopic (exact) mass is 288 g/mol. The predicted octanol–water partition coefficient (Wildman–Crippen LogP) is 3.33. The molecule has 1 aromatic heterocycles. The molecule has 1 saturated heterocycles. The Hall–Kier alpha value is -1.000. The topological polar surface area (TPSA) is 53.4 Å². The molecule has 1 fully saturated rings. The van der Waals surface area contributed by atoms with E-state index in [2.05, 4.69) is 4.98 Å². The van der Waals surface area contributed by atoms with E-state index in [1.165, 1.54) is 4.90 Å². The van der Waals surface area contributed by atoms with Crippen LogP contribution in [0.5, 0.6) is 0 Å². The van der Waals surface area contributed by atoms with Crippen molar-refractivity contribution >= 4 is 29.3 Å². The number of hydrogen-bond donors (Lipinski definition) is 1. The Labute approximate surface area is 116 Å². The molecule has 0 aliphatic carbocycles. The number of likely N-dealkylation sites (tertiary alicyclic amines) is 1. The number of pyridine rings is 1. The molecular formula is C12H14Cl2N2O2. The summed E-state index contributed by atoms with van der Waals surface area (Å²) in [5.74, 6) is 0.631. The summed E-state index contributed by atoms with van der Waals surface area (Å²) < 4.78 is 0. The fourth-order valence-electron chi connectivity index (χ4n) is 2.21. The molecule has 0 bridgehead atoms. The zero-order valence-corrected chi connectivity index (χ0v) is 11.3. The van der Waals surface area contributed by atoms with E-state index >= 15 is 0 Å². The number of piperidine rings is 1. The van der Waals surface area contributed by atoms with Crippen LogP contribution in [0.2, 0.25) is 5.02 Å². The van der Waals surface area contributed by atoms with Crippen LogP contribution < -0.4 is 0 Å². The number of carboxylic acid groups (broad SMARTS) is 1. The first kappa shape index (κ1) is 13.4. The first-order chi connectivity index (χ1) is 8.61. The van der Waals surface area contributed by atoms with Crippen LogP contribution in [0.1, 0.15) is 30.0 Å². The molecule has 0 radical (unpaired) electrons. The van der Waals surface area contributed by atoms with Crippen LogP contribution in [-0.2, 0) is 5.88 Å². The van der Waals surface area contributed by atoms with Gasteiger partial charge in [-0.25, -0.2) is 4.79 Å². The minimum Gasteiger partial charge on any atom is -0.465 e. The molecule has 4 nitrogen and oxygen atoms in total. The van der Waals surface area contributed by atoms with Crippen LogP contribution in [-0.4, -0.2) is 34.2 Å². The van der Waals surface area contributed by atoms with Crippen LogP contribution in [0.25, 0.3) is 0 Å². The molecule has 0 spiro atoms. The fourth-order valence-corrected chi connectivity index (χ4v) is 2.73. The number of halogens is 2. The second-order valence-corrected chi connectivity index (χ2v) is 5.05. The predicted molar refractivity (Wildman–Crippen MR) is 70.4 cm³/mol. The van der Waals surface area contributed by atoms with Crippen LogP contribution in [0.15, 0.2) is 12.3 Å². The Morgan fingerprint density at radius 2 is 2.17 bits per heavy atom. The lowest BCUT2D eigenvalue weighted by Crippen LogP contribution is -2.36. The third kappa shape index (κ3) is 2.87. The van der Waals surface area contributed by atoms with Gasteiger partial charge in [0, 0.05) is 19.3 Å². The quantitative estimate of drug-likeness (QED) is 0.850. The molecule has 0 atom stereocenters. The zero-order valence-electron chi connectivity index (χ0n) is 9.77. The second kappa shape index (κ2) is 5.76. The Morgan fingerprint density at radius 1 is 1.50 bits per heavy atom. The Bertz CT molecular complexity index is 446. The van der Waals surface area contributed by atoms with Crippen molar-refractivity contribution < 1.29 is 9.90 Å². The van der Waals surface area contributed by atoms with E-state index in [9.17, 15) is 4.79 Å². The number of carbonyl (C=O) groups is 1. The second-order valence-electron chi connectivity index (χ2n) is 4.37. The van der Waals surface area contributed by atoms with Gasteiger partial charge in [-0.15, -0.1) is 11.6 Å². The Kier molecular flexibility index (Phi) is 4.30. The first-order valence-corrected chi connectivity index (χ1v) is 6.71. The molecule has 1 aromatic rings. The third-order valence-electron chi connectivity index (χ3n) is 3.30. The summed E-state index contributed by atoms with van der Waals surface area (Å²) in [6.45, 7) is 1.13. The summed E-state index contributed by atoms with van der Waals surface area (Å²) in [7, 11) is 0. The molecular weight excluding hydrogens is 275 g/mol. The van der Waals surface area contributed by atoms with Crippen molar-refractivity contribution in [2.24, 2.45) is 0 Å². The van der Waals surface area contributed by atoms with Gasteiger partial charge in [-0.3, -0.25) is 4.98 Å². The highest BCUT2D eigenvalue weighted by molar-refractivity contribution is 6.32. The van der Waals surface area contributed by atoms with Gasteiger partial charge >= 0.3 is 6.09 Å². The number of aromatic nitrogens is 1. The minimum absolute atomic E-state index is 0.302. The van der Waals surface area contributed by atoms with Crippen molar-refractivity contribution in [2.45, 2.75) is 24.6 Å². The third-order valence-corrected chi connectivity index (χ3v) is 3.88. The van der Waals surface area contributed by atoms with Crippen molar-refractivity contribution in [3.8, 4) is 0 Å². The summed E-state index contributed by atoms with van der Waals surface area (Å²) in [6.07, 6.45) is 2.57. The molecule has 98 valence electrons. The van der Waals surface area contributed by atoms with Gasteiger partial charge in [0.1, 0.15) is 0 Å². The van der Waals surface area contributed by atoms with E-state index in [-0.39, 0.29) is 0 Å². The van der Waals surface area contributed by atoms with Gasteiger partial charge < -0.3 is 10.0 Å². The Balaban J connectivity index is 2.05. The SMILES string of the molecule is O=C(O)N1CCC(c2cnc(CCl)c(Cl)c2)CC1. The number of hydrogen-bond acceptors (Lipinski definition) is 2. The summed E-state index contributed by atoms with van der Waals surface area (Å²) in [5, 5.41) is 9.47. The standard InChI is InChI=1S/C12H14Cl2N2O2/c13-6-11-10(14)5-9(7-15-11)8-1-3-16(4-2-8)12(17)18/h5,7-8H,1-4,6H2,(H,17,18). The summed E-state index contributed by atoms with van der Waals surface area (Å²) >= 11 is 11.8. The Morgan fingerprint density at radius 3 is 2.67 bits per heavy atom. The zero-order chi connectivity index (χ0) is 13.1. The van der Waals surface area contributed by atoms with Crippen LogP contribution in [0.3, 0.4) is 0 Å². The van der Waals surface area contributed by atoms with Crippen LogP contribution >= 0.6 is 23.2 Å². The van der Waals surface area contributed by atoms with E-state index in [4.69, 9.17) is 28.3 Å². The van der Waals surface area contributed by atoms with Gasteiger partial charge in [-0.2, -0.15) is 0 Å². The molecule has 1 N–H and O–H groups in total. The molecule has 6 heteroatoms. The largest absolute Gasteiger partial charge is 0.465 e. The highest BCUT2D eigenvalue weighted by atomic mass is 35.5. The molecule has 2 heterocycles. The average molecular weight is 289 g/mol.